The molecule has 2 nitrogen and oxygen atoms in total. The van der Waals surface area contributed by atoms with Crippen LogP contribution in [0.2, 0.25) is 0 Å². The maximum atomic E-state index is 11.3. The fourth-order valence-electron chi connectivity index (χ4n) is 4.40. The molecule has 2 saturated carbocycles. The van der Waals surface area contributed by atoms with Crippen molar-refractivity contribution < 1.29 is 9.90 Å². The third-order valence-corrected chi connectivity index (χ3v) is 5.63. The zero-order valence-corrected chi connectivity index (χ0v) is 13.8. The van der Waals surface area contributed by atoms with Gasteiger partial charge in [-0.1, -0.05) is 44.5 Å². The van der Waals surface area contributed by atoms with Crippen molar-refractivity contribution in [2.24, 2.45) is 11.3 Å². The van der Waals surface area contributed by atoms with E-state index in [0.717, 1.165) is 0 Å². The molecule has 0 aromatic heterocycles. The molecule has 2 aliphatic carbocycles. The summed E-state index contributed by atoms with van der Waals surface area (Å²) in [5, 5.41) is 9.31. The second-order valence-electron chi connectivity index (χ2n) is 8.13. The van der Waals surface area contributed by atoms with Gasteiger partial charge in [-0.05, 0) is 66.4 Å². The summed E-state index contributed by atoms with van der Waals surface area (Å²) in [5.41, 5.74) is 3.18. The Morgan fingerprint density at radius 1 is 1.27 bits per heavy atom. The lowest BCUT2D eigenvalue weighted by atomic mass is 9.68. The lowest BCUT2D eigenvalue weighted by Crippen LogP contribution is -2.23. The normalized spacial score (nSPS) is 25.6. The number of carbonyl (C=O) groups is 1. The van der Waals surface area contributed by atoms with Crippen molar-refractivity contribution in [1.29, 1.82) is 0 Å². The lowest BCUT2D eigenvalue weighted by Gasteiger charge is -2.37. The van der Waals surface area contributed by atoms with Crippen LogP contribution in [-0.2, 0) is 4.79 Å². The first-order valence-corrected chi connectivity index (χ1v) is 8.77. The third-order valence-electron chi connectivity index (χ3n) is 5.63. The first-order valence-electron chi connectivity index (χ1n) is 8.77. The molecule has 0 saturated heterocycles. The van der Waals surface area contributed by atoms with E-state index in [0.29, 0.717) is 17.3 Å². The largest absolute Gasteiger partial charge is 0.481 e. The SMILES string of the molecule is CC1(C)CCCC(c2ccccc2C(CC(=O)O)C2CC2)C1. The molecule has 2 fully saturated rings. The maximum absolute atomic E-state index is 11.3. The average Bonchev–Trinajstić information content (AvgIpc) is 3.28. The molecule has 3 rings (SSSR count). The zero-order chi connectivity index (χ0) is 15.7. The first-order chi connectivity index (χ1) is 10.5. The van der Waals surface area contributed by atoms with Gasteiger partial charge in [0, 0.05) is 0 Å². The molecule has 1 aromatic carbocycles. The molecular weight excluding hydrogens is 272 g/mol. The molecule has 2 aliphatic rings. The van der Waals surface area contributed by atoms with Crippen molar-refractivity contribution in [3.63, 3.8) is 0 Å². The Morgan fingerprint density at radius 2 is 2.00 bits per heavy atom. The number of hydrogen-bond acceptors (Lipinski definition) is 1. The highest BCUT2D eigenvalue weighted by molar-refractivity contribution is 5.68. The molecule has 0 radical (unpaired) electrons. The topological polar surface area (TPSA) is 37.3 Å². The Morgan fingerprint density at radius 3 is 2.64 bits per heavy atom. The van der Waals surface area contributed by atoms with Gasteiger partial charge in [0.25, 0.3) is 0 Å². The Kier molecular flexibility index (Phi) is 4.29. The highest BCUT2D eigenvalue weighted by atomic mass is 16.4. The molecule has 22 heavy (non-hydrogen) atoms. The van der Waals surface area contributed by atoms with Crippen LogP contribution in [0.4, 0.5) is 0 Å². The summed E-state index contributed by atoms with van der Waals surface area (Å²) < 4.78 is 0. The average molecular weight is 300 g/mol. The predicted octanol–water partition coefficient (Wildman–Crippen LogP) is 5.34. The second kappa shape index (κ2) is 6.06. The van der Waals surface area contributed by atoms with Crippen LogP contribution in [0.3, 0.4) is 0 Å². The van der Waals surface area contributed by atoms with E-state index < -0.39 is 5.97 Å². The summed E-state index contributed by atoms with van der Waals surface area (Å²) in [6.45, 7) is 4.74. The third kappa shape index (κ3) is 3.53. The predicted molar refractivity (Wildman–Crippen MR) is 89.1 cm³/mol. The Balaban J connectivity index is 1.90. The zero-order valence-electron chi connectivity index (χ0n) is 13.8. The number of aliphatic carboxylic acids is 1. The minimum atomic E-state index is -0.657. The number of hydrogen-bond donors (Lipinski definition) is 1. The van der Waals surface area contributed by atoms with Gasteiger partial charge in [-0.25, -0.2) is 0 Å². The summed E-state index contributed by atoms with van der Waals surface area (Å²) >= 11 is 0. The molecular formula is C20H28O2. The summed E-state index contributed by atoms with van der Waals surface area (Å²) in [6, 6.07) is 8.68. The van der Waals surface area contributed by atoms with Gasteiger partial charge >= 0.3 is 5.97 Å². The van der Waals surface area contributed by atoms with Crippen LogP contribution in [0.25, 0.3) is 0 Å². The van der Waals surface area contributed by atoms with Crippen molar-refractivity contribution in [2.75, 3.05) is 0 Å². The van der Waals surface area contributed by atoms with E-state index in [2.05, 4.69) is 38.1 Å². The Hall–Kier alpha value is -1.31. The van der Waals surface area contributed by atoms with E-state index in [1.165, 1.54) is 49.7 Å². The van der Waals surface area contributed by atoms with E-state index in [1.54, 1.807) is 0 Å². The summed E-state index contributed by atoms with van der Waals surface area (Å²) in [7, 11) is 0. The van der Waals surface area contributed by atoms with Crippen molar-refractivity contribution in [3.8, 4) is 0 Å². The number of carboxylic acid groups (broad SMARTS) is 1. The Bertz CT molecular complexity index is 542. The van der Waals surface area contributed by atoms with Crippen LogP contribution in [0, 0.1) is 11.3 Å². The molecule has 0 heterocycles. The summed E-state index contributed by atoms with van der Waals surface area (Å²) in [5.74, 6) is 0.762. The van der Waals surface area contributed by atoms with Crippen LogP contribution in [0.5, 0.6) is 0 Å². The van der Waals surface area contributed by atoms with Gasteiger partial charge in [-0.15, -0.1) is 0 Å². The number of carboxylic acids is 1. The van der Waals surface area contributed by atoms with Crippen LogP contribution in [-0.4, -0.2) is 11.1 Å². The Labute approximate surface area is 133 Å². The monoisotopic (exact) mass is 300 g/mol. The smallest absolute Gasteiger partial charge is 0.303 e. The summed E-state index contributed by atoms with van der Waals surface area (Å²) in [6.07, 6.45) is 7.77. The molecule has 0 spiro atoms. The van der Waals surface area contributed by atoms with Crippen LogP contribution < -0.4 is 0 Å². The van der Waals surface area contributed by atoms with Crippen molar-refractivity contribution >= 4 is 5.97 Å². The standard InChI is InChI=1S/C20H28O2/c1-20(2)11-5-6-15(13-20)16-7-3-4-8-17(16)18(12-19(21)22)14-9-10-14/h3-4,7-8,14-15,18H,5-6,9-13H2,1-2H3,(H,21,22). The maximum Gasteiger partial charge on any atom is 0.303 e. The van der Waals surface area contributed by atoms with Crippen LogP contribution >= 0.6 is 0 Å². The fourth-order valence-corrected chi connectivity index (χ4v) is 4.40. The first kappa shape index (κ1) is 15.6. The number of rotatable bonds is 5. The molecule has 1 aromatic rings. The van der Waals surface area contributed by atoms with Crippen molar-refractivity contribution in [1.82, 2.24) is 0 Å². The molecule has 2 heteroatoms. The van der Waals surface area contributed by atoms with Crippen molar-refractivity contribution in [3.05, 3.63) is 35.4 Å². The van der Waals surface area contributed by atoms with Gasteiger partial charge in [-0.2, -0.15) is 0 Å². The van der Waals surface area contributed by atoms with Gasteiger partial charge in [0.1, 0.15) is 0 Å². The molecule has 120 valence electrons. The van der Waals surface area contributed by atoms with Gasteiger partial charge in [0.05, 0.1) is 6.42 Å². The van der Waals surface area contributed by atoms with Gasteiger partial charge in [0.2, 0.25) is 0 Å². The number of benzene rings is 1. The minimum Gasteiger partial charge on any atom is -0.481 e. The van der Waals surface area contributed by atoms with E-state index in [-0.39, 0.29) is 12.3 Å². The molecule has 0 aliphatic heterocycles. The summed E-state index contributed by atoms with van der Waals surface area (Å²) in [4.78, 5) is 11.3. The molecule has 2 atom stereocenters. The van der Waals surface area contributed by atoms with Crippen LogP contribution in [0.1, 0.15) is 81.8 Å². The van der Waals surface area contributed by atoms with Crippen molar-refractivity contribution in [2.45, 2.75) is 70.6 Å². The van der Waals surface area contributed by atoms with Crippen LogP contribution in [0.15, 0.2) is 24.3 Å². The highest BCUT2D eigenvalue weighted by Gasteiger charge is 2.37. The fraction of sp³-hybridized carbons (Fsp3) is 0.650. The van der Waals surface area contributed by atoms with E-state index in [4.69, 9.17) is 0 Å². The van der Waals surface area contributed by atoms with Gasteiger partial charge in [0.15, 0.2) is 0 Å². The second-order valence-corrected chi connectivity index (χ2v) is 8.13. The highest BCUT2D eigenvalue weighted by Crippen LogP contribution is 2.49. The minimum absolute atomic E-state index is 0.221. The van der Waals surface area contributed by atoms with E-state index in [9.17, 15) is 9.90 Å². The molecule has 1 N–H and O–H groups in total. The molecule has 0 bridgehead atoms. The molecule has 0 amide bonds. The van der Waals surface area contributed by atoms with Gasteiger partial charge in [-0.3, -0.25) is 4.79 Å². The quantitative estimate of drug-likeness (QED) is 0.797. The van der Waals surface area contributed by atoms with E-state index in [1.807, 2.05) is 0 Å². The van der Waals surface area contributed by atoms with Gasteiger partial charge < -0.3 is 5.11 Å². The lowest BCUT2D eigenvalue weighted by molar-refractivity contribution is -0.137. The van der Waals surface area contributed by atoms with E-state index >= 15 is 0 Å². The molecule has 2 unspecified atom stereocenters.